The molecule has 2 atom stereocenters. The van der Waals surface area contributed by atoms with Gasteiger partial charge in [0.1, 0.15) is 11.5 Å². The second-order valence-corrected chi connectivity index (χ2v) is 5.70. The van der Waals surface area contributed by atoms with E-state index in [1.54, 1.807) is 11.2 Å². The third-order valence-corrected chi connectivity index (χ3v) is 4.07. The molecule has 1 aromatic carbocycles. The number of hydrogen-bond donors (Lipinski definition) is 0. The van der Waals surface area contributed by atoms with Crippen molar-refractivity contribution in [3.63, 3.8) is 0 Å². The summed E-state index contributed by atoms with van der Waals surface area (Å²) in [6.45, 7) is 3.15. The number of carbonyl (C=O) groups excluding carboxylic acids is 1. The van der Waals surface area contributed by atoms with Crippen LogP contribution in [0.25, 0.3) is 0 Å². The number of ether oxygens (including phenoxy) is 1. The lowest BCUT2D eigenvalue weighted by Gasteiger charge is -2.19. The summed E-state index contributed by atoms with van der Waals surface area (Å²) >= 11 is 0. The summed E-state index contributed by atoms with van der Waals surface area (Å²) < 4.78 is 11.0. The largest absolute Gasteiger partial charge is 0.494 e. The highest BCUT2D eigenvalue weighted by atomic mass is 16.5. The van der Waals surface area contributed by atoms with Crippen molar-refractivity contribution in [2.75, 3.05) is 13.7 Å². The molecular formula is C18H21NO3. The number of furan rings is 1. The lowest BCUT2D eigenvalue weighted by molar-refractivity contribution is -0.131. The van der Waals surface area contributed by atoms with E-state index in [9.17, 15) is 4.79 Å². The first kappa shape index (κ1) is 14.7. The molecule has 0 N–H and O–H groups in total. The van der Waals surface area contributed by atoms with Gasteiger partial charge in [0, 0.05) is 31.0 Å². The summed E-state index contributed by atoms with van der Waals surface area (Å²) in [6.07, 6.45) is 2.54. The molecule has 22 heavy (non-hydrogen) atoms. The van der Waals surface area contributed by atoms with Crippen LogP contribution in [0, 0.1) is 5.92 Å². The number of hydrogen-bond acceptors (Lipinski definition) is 3. The van der Waals surface area contributed by atoms with E-state index in [1.165, 1.54) is 0 Å². The van der Waals surface area contributed by atoms with E-state index < -0.39 is 0 Å². The smallest absolute Gasteiger partial charge is 0.226 e. The predicted molar refractivity (Wildman–Crippen MR) is 83.6 cm³/mol. The maximum atomic E-state index is 12.5. The zero-order valence-corrected chi connectivity index (χ0v) is 13.0. The van der Waals surface area contributed by atoms with Gasteiger partial charge in [0.2, 0.25) is 5.91 Å². The maximum Gasteiger partial charge on any atom is 0.226 e. The van der Waals surface area contributed by atoms with Gasteiger partial charge in [0.25, 0.3) is 0 Å². The predicted octanol–water partition coefficient (Wildman–Crippen LogP) is 3.44. The molecule has 1 amide bonds. The lowest BCUT2D eigenvalue weighted by atomic mass is 10.1. The lowest BCUT2D eigenvalue weighted by Crippen LogP contribution is -2.28. The molecule has 1 saturated carbocycles. The van der Waals surface area contributed by atoms with Crippen molar-refractivity contribution in [3.8, 4) is 5.75 Å². The van der Waals surface area contributed by atoms with Crippen molar-refractivity contribution >= 4 is 5.91 Å². The van der Waals surface area contributed by atoms with Crippen LogP contribution in [-0.4, -0.2) is 24.5 Å². The molecule has 0 bridgehead atoms. The molecule has 0 spiro atoms. The molecule has 116 valence electrons. The Morgan fingerprint density at radius 2 is 2.14 bits per heavy atom. The number of benzene rings is 1. The average molecular weight is 299 g/mol. The quantitative estimate of drug-likeness (QED) is 0.820. The van der Waals surface area contributed by atoms with Gasteiger partial charge in [-0.1, -0.05) is 18.2 Å². The van der Waals surface area contributed by atoms with E-state index in [0.717, 1.165) is 23.5 Å². The van der Waals surface area contributed by atoms with E-state index >= 15 is 0 Å². The summed E-state index contributed by atoms with van der Waals surface area (Å²) in [6, 6.07) is 11.7. The van der Waals surface area contributed by atoms with Crippen LogP contribution in [-0.2, 0) is 11.3 Å². The minimum Gasteiger partial charge on any atom is -0.494 e. The van der Waals surface area contributed by atoms with Gasteiger partial charge in [0.15, 0.2) is 0 Å². The summed E-state index contributed by atoms with van der Waals surface area (Å²) in [5.41, 5.74) is 1.04. The first-order valence-electron chi connectivity index (χ1n) is 7.69. The van der Waals surface area contributed by atoms with Crippen LogP contribution in [0.1, 0.15) is 30.6 Å². The van der Waals surface area contributed by atoms with Crippen molar-refractivity contribution in [1.82, 2.24) is 4.90 Å². The SMILES string of the molecule is CCOc1ccccc1CN(C)C(=O)C1CC1c1ccco1. The van der Waals surface area contributed by atoms with E-state index in [1.807, 2.05) is 50.4 Å². The van der Waals surface area contributed by atoms with Gasteiger partial charge < -0.3 is 14.1 Å². The molecule has 1 heterocycles. The highest BCUT2D eigenvalue weighted by molar-refractivity contribution is 5.82. The van der Waals surface area contributed by atoms with E-state index in [2.05, 4.69) is 0 Å². The Bertz CT molecular complexity index is 636. The first-order valence-corrected chi connectivity index (χ1v) is 7.69. The number of rotatable bonds is 6. The Labute approximate surface area is 130 Å². The summed E-state index contributed by atoms with van der Waals surface area (Å²) in [5.74, 6) is 2.24. The van der Waals surface area contributed by atoms with Gasteiger partial charge >= 0.3 is 0 Å². The second-order valence-electron chi connectivity index (χ2n) is 5.70. The molecule has 0 radical (unpaired) electrons. The van der Waals surface area contributed by atoms with E-state index in [0.29, 0.717) is 13.2 Å². The van der Waals surface area contributed by atoms with Crippen molar-refractivity contribution in [3.05, 3.63) is 54.0 Å². The fourth-order valence-electron chi connectivity index (χ4n) is 2.83. The number of amides is 1. The molecule has 4 heteroatoms. The van der Waals surface area contributed by atoms with E-state index in [-0.39, 0.29) is 17.7 Å². The molecule has 2 unspecified atom stereocenters. The first-order chi connectivity index (χ1) is 10.7. The number of para-hydroxylation sites is 1. The third kappa shape index (κ3) is 3.01. The molecular weight excluding hydrogens is 278 g/mol. The Balaban J connectivity index is 1.63. The molecule has 1 aliphatic carbocycles. The van der Waals surface area contributed by atoms with Crippen molar-refractivity contribution in [2.45, 2.75) is 25.8 Å². The minimum atomic E-state index is 0.0513. The summed E-state index contributed by atoms with van der Waals surface area (Å²) in [4.78, 5) is 14.3. The van der Waals surface area contributed by atoms with Crippen LogP contribution in [0.15, 0.2) is 47.1 Å². The highest BCUT2D eigenvalue weighted by Crippen LogP contribution is 2.48. The molecule has 0 aliphatic heterocycles. The molecule has 1 aliphatic rings. The zero-order valence-electron chi connectivity index (χ0n) is 13.0. The third-order valence-electron chi connectivity index (χ3n) is 4.07. The Morgan fingerprint density at radius 3 is 2.86 bits per heavy atom. The Kier molecular flexibility index (Phi) is 4.18. The molecule has 2 aromatic rings. The molecule has 0 saturated heterocycles. The monoisotopic (exact) mass is 299 g/mol. The molecule has 1 aromatic heterocycles. The van der Waals surface area contributed by atoms with Crippen LogP contribution >= 0.6 is 0 Å². The van der Waals surface area contributed by atoms with Crippen molar-refractivity contribution < 1.29 is 13.9 Å². The van der Waals surface area contributed by atoms with Crippen LogP contribution < -0.4 is 4.74 Å². The molecule has 3 rings (SSSR count). The van der Waals surface area contributed by atoms with Gasteiger partial charge in [-0.2, -0.15) is 0 Å². The summed E-state index contributed by atoms with van der Waals surface area (Å²) in [7, 11) is 1.85. The topological polar surface area (TPSA) is 42.7 Å². The van der Waals surface area contributed by atoms with Crippen LogP contribution in [0.4, 0.5) is 0 Å². The average Bonchev–Trinajstić information content (AvgIpc) is 3.13. The maximum absolute atomic E-state index is 12.5. The van der Waals surface area contributed by atoms with Crippen molar-refractivity contribution in [2.24, 2.45) is 5.92 Å². The molecule has 4 nitrogen and oxygen atoms in total. The zero-order chi connectivity index (χ0) is 15.5. The van der Waals surface area contributed by atoms with Gasteiger partial charge in [-0.05, 0) is 31.5 Å². The van der Waals surface area contributed by atoms with Crippen LogP contribution in [0.3, 0.4) is 0 Å². The van der Waals surface area contributed by atoms with Crippen LogP contribution in [0.5, 0.6) is 5.75 Å². The van der Waals surface area contributed by atoms with Crippen molar-refractivity contribution in [1.29, 1.82) is 0 Å². The van der Waals surface area contributed by atoms with E-state index in [4.69, 9.17) is 9.15 Å². The summed E-state index contributed by atoms with van der Waals surface area (Å²) in [5, 5.41) is 0. The fourth-order valence-corrected chi connectivity index (χ4v) is 2.83. The molecule has 1 fully saturated rings. The highest BCUT2D eigenvalue weighted by Gasteiger charge is 2.46. The Hall–Kier alpha value is -2.23. The van der Waals surface area contributed by atoms with Gasteiger partial charge in [-0.25, -0.2) is 0 Å². The standard InChI is InChI=1S/C18H21NO3/c1-3-21-16-8-5-4-7-13(16)12-19(2)18(20)15-11-14(15)17-9-6-10-22-17/h4-10,14-15H,3,11-12H2,1-2H3. The number of nitrogens with zero attached hydrogens (tertiary/aromatic N) is 1. The van der Waals surface area contributed by atoms with Gasteiger partial charge in [-0.15, -0.1) is 0 Å². The minimum absolute atomic E-state index is 0.0513. The normalized spacial score (nSPS) is 19.7. The second kappa shape index (κ2) is 6.26. The van der Waals surface area contributed by atoms with Crippen LogP contribution in [0.2, 0.25) is 0 Å². The van der Waals surface area contributed by atoms with Gasteiger partial charge in [0.05, 0.1) is 12.9 Å². The number of carbonyl (C=O) groups is 1. The van der Waals surface area contributed by atoms with Gasteiger partial charge in [-0.3, -0.25) is 4.79 Å². The Morgan fingerprint density at radius 1 is 1.32 bits per heavy atom. The fraction of sp³-hybridized carbons (Fsp3) is 0.389.